The molecule has 1 fully saturated rings. The Bertz CT molecular complexity index is 808. The molecule has 1 aromatic carbocycles. The molecule has 1 aliphatic rings. The molecule has 3 amide bonds. The Hall–Kier alpha value is -3.09. The first-order chi connectivity index (χ1) is 13.0. The monoisotopic (exact) mass is 369 g/mol. The Kier molecular flexibility index (Phi) is 5.90. The fraction of sp³-hybridized carbons (Fsp3) is 0.350. The van der Waals surface area contributed by atoms with Gasteiger partial charge in [0.25, 0.3) is 5.91 Å². The van der Waals surface area contributed by atoms with Crippen molar-refractivity contribution < 1.29 is 18.8 Å². The van der Waals surface area contributed by atoms with Crippen LogP contribution in [0.15, 0.2) is 47.3 Å². The third kappa shape index (κ3) is 4.97. The Labute approximate surface area is 157 Å². The maximum absolute atomic E-state index is 12.3. The fourth-order valence-corrected chi connectivity index (χ4v) is 3.14. The quantitative estimate of drug-likeness (QED) is 0.808. The molecule has 0 atom stereocenters. The maximum atomic E-state index is 12.3. The summed E-state index contributed by atoms with van der Waals surface area (Å²) in [7, 11) is 0. The second-order valence-corrected chi connectivity index (χ2v) is 6.78. The number of amides is 3. The van der Waals surface area contributed by atoms with Crippen molar-refractivity contribution in [3.63, 3.8) is 0 Å². The summed E-state index contributed by atoms with van der Waals surface area (Å²) in [5.41, 5.74) is 2.15. The van der Waals surface area contributed by atoms with Gasteiger partial charge in [0.15, 0.2) is 0 Å². The van der Waals surface area contributed by atoms with Crippen molar-refractivity contribution in [1.29, 1.82) is 0 Å². The first-order valence-corrected chi connectivity index (χ1v) is 9.00. The van der Waals surface area contributed by atoms with Gasteiger partial charge in [-0.1, -0.05) is 12.1 Å². The van der Waals surface area contributed by atoms with Gasteiger partial charge in [0, 0.05) is 25.3 Å². The van der Waals surface area contributed by atoms with E-state index < -0.39 is 11.8 Å². The fourth-order valence-electron chi connectivity index (χ4n) is 3.14. The van der Waals surface area contributed by atoms with E-state index in [0.717, 1.165) is 18.4 Å². The predicted octanol–water partition coefficient (Wildman–Crippen LogP) is 2.20. The Morgan fingerprint density at radius 1 is 1.15 bits per heavy atom. The first-order valence-electron chi connectivity index (χ1n) is 9.00. The SMILES string of the molecule is Cc1cccc(NC(=O)C(=O)NCC2CCN(C(=O)c3ccoc3)CC2)c1. The second kappa shape index (κ2) is 8.53. The van der Waals surface area contributed by atoms with Crippen LogP contribution in [0.2, 0.25) is 0 Å². The molecule has 7 nitrogen and oxygen atoms in total. The largest absolute Gasteiger partial charge is 0.472 e. The van der Waals surface area contributed by atoms with Crippen molar-refractivity contribution in [3.05, 3.63) is 54.0 Å². The number of anilines is 1. The summed E-state index contributed by atoms with van der Waals surface area (Å²) in [4.78, 5) is 38.0. The van der Waals surface area contributed by atoms with E-state index in [9.17, 15) is 14.4 Å². The van der Waals surface area contributed by atoms with Gasteiger partial charge in [0.1, 0.15) is 6.26 Å². The number of benzene rings is 1. The average Bonchev–Trinajstić information content (AvgIpc) is 3.20. The highest BCUT2D eigenvalue weighted by Gasteiger charge is 2.25. The lowest BCUT2D eigenvalue weighted by Crippen LogP contribution is -2.43. The number of aryl methyl sites for hydroxylation is 1. The van der Waals surface area contributed by atoms with Gasteiger partial charge in [-0.3, -0.25) is 14.4 Å². The Morgan fingerprint density at radius 2 is 1.93 bits per heavy atom. The van der Waals surface area contributed by atoms with E-state index in [4.69, 9.17) is 4.42 Å². The molecule has 2 aromatic rings. The molecule has 2 heterocycles. The van der Waals surface area contributed by atoms with E-state index >= 15 is 0 Å². The average molecular weight is 369 g/mol. The van der Waals surface area contributed by atoms with Crippen molar-refractivity contribution in [2.24, 2.45) is 5.92 Å². The summed E-state index contributed by atoms with van der Waals surface area (Å²) in [5.74, 6) is -1.11. The summed E-state index contributed by atoms with van der Waals surface area (Å²) >= 11 is 0. The van der Waals surface area contributed by atoms with Crippen molar-refractivity contribution in [2.45, 2.75) is 19.8 Å². The molecule has 0 aliphatic carbocycles. The zero-order valence-electron chi connectivity index (χ0n) is 15.2. The van der Waals surface area contributed by atoms with Gasteiger partial charge >= 0.3 is 11.8 Å². The maximum Gasteiger partial charge on any atom is 0.313 e. The topological polar surface area (TPSA) is 91.7 Å². The summed E-state index contributed by atoms with van der Waals surface area (Å²) in [6.07, 6.45) is 4.49. The van der Waals surface area contributed by atoms with Crippen LogP contribution in [0.3, 0.4) is 0 Å². The van der Waals surface area contributed by atoms with E-state index in [1.807, 2.05) is 19.1 Å². The number of likely N-dealkylation sites (tertiary alicyclic amines) is 1. The molecule has 1 aromatic heterocycles. The number of carbonyl (C=O) groups is 3. The van der Waals surface area contributed by atoms with Gasteiger partial charge in [-0.25, -0.2) is 0 Å². The minimum absolute atomic E-state index is 0.0382. The summed E-state index contributed by atoms with van der Waals surface area (Å²) in [6, 6.07) is 8.94. The number of rotatable bonds is 4. The molecule has 142 valence electrons. The molecule has 0 saturated carbocycles. The van der Waals surface area contributed by atoms with E-state index in [2.05, 4.69) is 10.6 Å². The molecule has 27 heavy (non-hydrogen) atoms. The third-order valence-corrected chi connectivity index (χ3v) is 4.70. The highest BCUT2D eigenvalue weighted by Crippen LogP contribution is 2.18. The standard InChI is InChI=1S/C20H23N3O4/c1-14-3-2-4-17(11-14)22-19(25)18(24)21-12-15-5-8-23(9-6-15)20(26)16-7-10-27-13-16/h2-4,7,10-11,13,15H,5-6,8-9,12H2,1H3,(H,21,24)(H,22,25). The predicted molar refractivity (Wildman–Crippen MR) is 100 cm³/mol. The van der Waals surface area contributed by atoms with Crippen LogP contribution in [0.5, 0.6) is 0 Å². The van der Waals surface area contributed by atoms with Gasteiger partial charge < -0.3 is 20.0 Å². The lowest BCUT2D eigenvalue weighted by Gasteiger charge is -2.31. The van der Waals surface area contributed by atoms with E-state index in [-0.39, 0.29) is 11.8 Å². The van der Waals surface area contributed by atoms with Crippen LogP contribution in [-0.2, 0) is 9.59 Å². The van der Waals surface area contributed by atoms with Gasteiger partial charge in [-0.15, -0.1) is 0 Å². The zero-order valence-corrected chi connectivity index (χ0v) is 15.2. The van der Waals surface area contributed by atoms with Gasteiger partial charge in [-0.05, 0) is 49.4 Å². The molecule has 3 rings (SSSR count). The number of nitrogens with one attached hydrogen (secondary N) is 2. The molecule has 7 heteroatoms. The van der Waals surface area contributed by atoms with Crippen LogP contribution in [0, 0.1) is 12.8 Å². The Balaban J connectivity index is 1.41. The smallest absolute Gasteiger partial charge is 0.313 e. The highest BCUT2D eigenvalue weighted by atomic mass is 16.3. The summed E-state index contributed by atoms with van der Waals surface area (Å²) in [6.45, 7) is 3.59. The van der Waals surface area contributed by atoms with E-state index in [0.29, 0.717) is 30.9 Å². The van der Waals surface area contributed by atoms with Crippen molar-refractivity contribution in [1.82, 2.24) is 10.2 Å². The number of carbonyl (C=O) groups excluding carboxylic acids is 3. The zero-order chi connectivity index (χ0) is 19.2. The van der Waals surface area contributed by atoms with Crippen molar-refractivity contribution in [3.8, 4) is 0 Å². The van der Waals surface area contributed by atoms with Crippen LogP contribution < -0.4 is 10.6 Å². The van der Waals surface area contributed by atoms with Crippen LogP contribution in [0.25, 0.3) is 0 Å². The van der Waals surface area contributed by atoms with Crippen LogP contribution >= 0.6 is 0 Å². The van der Waals surface area contributed by atoms with Gasteiger partial charge in [0.2, 0.25) is 0 Å². The lowest BCUT2D eigenvalue weighted by molar-refractivity contribution is -0.136. The van der Waals surface area contributed by atoms with Gasteiger partial charge in [-0.2, -0.15) is 0 Å². The highest BCUT2D eigenvalue weighted by molar-refractivity contribution is 6.39. The summed E-state index contributed by atoms with van der Waals surface area (Å²) < 4.78 is 4.95. The molecule has 2 N–H and O–H groups in total. The minimum Gasteiger partial charge on any atom is -0.472 e. The molecule has 0 bridgehead atoms. The van der Waals surface area contributed by atoms with Crippen LogP contribution in [-0.4, -0.2) is 42.3 Å². The normalized spacial score (nSPS) is 14.6. The minimum atomic E-state index is -0.673. The van der Waals surface area contributed by atoms with Crippen LogP contribution in [0.4, 0.5) is 5.69 Å². The summed E-state index contributed by atoms with van der Waals surface area (Å²) in [5, 5.41) is 5.28. The molecule has 1 aliphatic heterocycles. The van der Waals surface area contributed by atoms with E-state index in [1.54, 1.807) is 23.1 Å². The number of furan rings is 1. The van der Waals surface area contributed by atoms with Crippen molar-refractivity contribution >= 4 is 23.4 Å². The van der Waals surface area contributed by atoms with Crippen molar-refractivity contribution in [2.75, 3.05) is 25.0 Å². The molecule has 0 unspecified atom stereocenters. The number of piperidine rings is 1. The molecular formula is C20H23N3O4. The first kappa shape index (κ1) is 18.7. The molecule has 1 saturated heterocycles. The second-order valence-electron chi connectivity index (χ2n) is 6.78. The molecule has 0 radical (unpaired) electrons. The number of nitrogens with zero attached hydrogens (tertiary/aromatic N) is 1. The van der Waals surface area contributed by atoms with E-state index in [1.165, 1.54) is 12.5 Å². The Morgan fingerprint density at radius 3 is 2.59 bits per heavy atom. The number of hydrogen-bond donors (Lipinski definition) is 2. The van der Waals surface area contributed by atoms with Crippen LogP contribution in [0.1, 0.15) is 28.8 Å². The van der Waals surface area contributed by atoms with Gasteiger partial charge in [0.05, 0.1) is 11.8 Å². The lowest BCUT2D eigenvalue weighted by atomic mass is 9.96. The molecular weight excluding hydrogens is 346 g/mol. The third-order valence-electron chi connectivity index (χ3n) is 4.70. The molecule has 0 spiro atoms. The number of hydrogen-bond acceptors (Lipinski definition) is 4.